The highest BCUT2D eigenvalue weighted by Crippen LogP contribution is 2.45. The molecule has 2 fully saturated rings. The van der Waals surface area contributed by atoms with E-state index in [0.29, 0.717) is 17.5 Å². The monoisotopic (exact) mass is 470 g/mol. The largest absolute Gasteiger partial charge is 0.352 e. The van der Waals surface area contributed by atoms with Gasteiger partial charge in [0.05, 0.1) is 0 Å². The number of rotatable bonds is 4. The number of likely N-dealkylation sites (tertiary alicyclic amines) is 1. The van der Waals surface area contributed by atoms with Gasteiger partial charge in [0.15, 0.2) is 5.96 Å². The number of hydrogen-bond donors (Lipinski definition) is 2. The molecule has 1 heterocycles. The van der Waals surface area contributed by atoms with Crippen molar-refractivity contribution in [3.8, 4) is 0 Å². The zero-order valence-corrected chi connectivity index (χ0v) is 18.2. The van der Waals surface area contributed by atoms with Crippen LogP contribution in [0.15, 0.2) is 29.3 Å². The molecule has 3 rings (SSSR count). The second-order valence-electron chi connectivity index (χ2n) is 7.34. The summed E-state index contributed by atoms with van der Waals surface area (Å²) in [6.45, 7) is 5.55. The SMILES string of the molecule is CCNC(=O)c1ccc(CNC(=NC)N2CCC3(CCCC3)C2)cc1.I. The number of nitrogens with one attached hydrogen (secondary N) is 2. The number of carbonyl (C=O) groups is 1. The maximum absolute atomic E-state index is 11.8. The summed E-state index contributed by atoms with van der Waals surface area (Å²) in [5.41, 5.74) is 2.41. The van der Waals surface area contributed by atoms with Crippen LogP contribution in [0.2, 0.25) is 0 Å². The Morgan fingerprint density at radius 3 is 2.46 bits per heavy atom. The number of carbonyl (C=O) groups excluding carboxylic acids is 1. The zero-order chi connectivity index (χ0) is 17.7. The van der Waals surface area contributed by atoms with Gasteiger partial charge in [0.1, 0.15) is 0 Å². The third-order valence-corrected chi connectivity index (χ3v) is 5.62. The van der Waals surface area contributed by atoms with E-state index in [1.165, 1.54) is 32.1 Å². The van der Waals surface area contributed by atoms with Crippen molar-refractivity contribution < 1.29 is 4.79 Å². The van der Waals surface area contributed by atoms with Crippen LogP contribution in [0.1, 0.15) is 54.9 Å². The van der Waals surface area contributed by atoms with Crippen molar-refractivity contribution in [3.05, 3.63) is 35.4 Å². The van der Waals surface area contributed by atoms with Crippen LogP contribution in [0.25, 0.3) is 0 Å². The van der Waals surface area contributed by atoms with Crippen LogP contribution in [0.4, 0.5) is 0 Å². The van der Waals surface area contributed by atoms with Crippen molar-refractivity contribution in [2.24, 2.45) is 10.4 Å². The quantitative estimate of drug-likeness (QED) is 0.403. The molecule has 2 aliphatic rings. The maximum Gasteiger partial charge on any atom is 0.251 e. The van der Waals surface area contributed by atoms with Crippen LogP contribution in [0, 0.1) is 5.41 Å². The maximum atomic E-state index is 11.8. The first-order valence-corrected chi connectivity index (χ1v) is 9.48. The second kappa shape index (κ2) is 9.58. The molecule has 0 unspecified atom stereocenters. The van der Waals surface area contributed by atoms with E-state index in [2.05, 4.69) is 20.5 Å². The van der Waals surface area contributed by atoms with Crippen LogP contribution < -0.4 is 10.6 Å². The van der Waals surface area contributed by atoms with Crippen LogP contribution in [0.5, 0.6) is 0 Å². The highest BCUT2D eigenvalue weighted by atomic mass is 127. The highest BCUT2D eigenvalue weighted by Gasteiger charge is 2.40. The number of hydrogen-bond acceptors (Lipinski definition) is 2. The van der Waals surface area contributed by atoms with E-state index >= 15 is 0 Å². The van der Waals surface area contributed by atoms with Crippen LogP contribution in [0.3, 0.4) is 0 Å². The molecule has 0 aromatic heterocycles. The molecule has 1 aliphatic carbocycles. The fraction of sp³-hybridized carbons (Fsp3) is 0.600. The molecule has 1 saturated carbocycles. The van der Waals surface area contributed by atoms with Gasteiger partial charge in [0, 0.05) is 38.8 Å². The van der Waals surface area contributed by atoms with Gasteiger partial charge in [-0.05, 0) is 49.3 Å². The van der Waals surface area contributed by atoms with Crippen molar-refractivity contribution in [3.63, 3.8) is 0 Å². The lowest BCUT2D eigenvalue weighted by Gasteiger charge is -2.26. The summed E-state index contributed by atoms with van der Waals surface area (Å²) in [4.78, 5) is 18.7. The lowest BCUT2D eigenvalue weighted by atomic mass is 9.86. The minimum absolute atomic E-state index is 0. The summed E-state index contributed by atoms with van der Waals surface area (Å²) in [5, 5.41) is 6.30. The third kappa shape index (κ3) is 4.90. The van der Waals surface area contributed by atoms with Gasteiger partial charge >= 0.3 is 0 Å². The van der Waals surface area contributed by atoms with Crippen molar-refractivity contribution in [2.45, 2.75) is 45.6 Å². The molecule has 5 nitrogen and oxygen atoms in total. The molecule has 1 spiro atoms. The molecule has 1 aliphatic heterocycles. The molecule has 6 heteroatoms. The Hall–Kier alpha value is -1.31. The molecule has 0 bridgehead atoms. The smallest absolute Gasteiger partial charge is 0.251 e. The van der Waals surface area contributed by atoms with E-state index in [4.69, 9.17) is 0 Å². The van der Waals surface area contributed by atoms with Crippen LogP contribution >= 0.6 is 24.0 Å². The molecular weight excluding hydrogens is 439 g/mol. The Morgan fingerprint density at radius 2 is 1.85 bits per heavy atom. The van der Waals surface area contributed by atoms with Gasteiger partial charge in [-0.3, -0.25) is 9.79 Å². The second-order valence-corrected chi connectivity index (χ2v) is 7.34. The van der Waals surface area contributed by atoms with Gasteiger partial charge in [-0.15, -0.1) is 24.0 Å². The van der Waals surface area contributed by atoms with Gasteiger partial charge < -0.3 is 15.5 Å². The third-order valence-electron chi connectivity index (χ3n) is 5.62. The number of aliphatic imine (C=N–C) groups is 1. The first-order chi connectivity index (χ1) is 12.2. The predicted molar refractivity (Wildman–Crippen MR) is 117 cm³/mol. The first kappa shape index (κ1) is 21.0. The van der Waals surface area contributed by atoms with E-state index in [1.807, 2.05) is 38.2 Å². The fourth-order valence-electron chi connectivity index (χ4n) is 4.20. The zero-order valence-electron chi connectivity index (χ0n) is 15.9. The normalized spacial score (nSPS) is 18.7. The van der Waals surface area contributed by atoms with E-state index < -0.39 is 0 Å². The van der Waals surface area contributed by atoms with Crippen molar-refractivity contribution in [1.29, 1.82) is 0 Å². The molecule has 1 saturated heterocycles. The van der Waals surface area contributed by atoms with E-state index in [9.17, 15) is 4.79 Å². The average Bonchev–Trinajstić information content (AvgIpc) is 3.26. The summed E-state index contributed by atoms with van der Waals surface area (Å²) in [6, 6.07) is 7.78. The van der Waals surface area contributed by atoms with Gasteiger partial charge in [0.2, 0.25) is 0 Å². The minimum atomic E-state index is -0.0169. The molecule has 0 radical (unpaired) electrons. The summed E-state index contributed by atoms with van der Waals surface area (Å²) < 4.78 is 0. The van der Waals surface area contributed by atoms with Gasteiger partial charge in [-0.25, -0.2) is 0 Å². The number of benzene rings is 1. The van der Waals surface area contributed by atoms with E-state index in [-0.39, 0.29) is 29.9 Å². The van der Waals surface area contributed by atoms with E-state index in [0.717, 1.165) is 31.2 Å². The molecule has 1 aromatic rings. The lowest BCUT2D eigenvalue weighted by molar-refractivity contribution is 0.0956. The number of nitrogens with zero attached hydrogens (tertiary/aromatic N) is 2. The van der Waals surface area contributed by atoms with Crippen molar-refractivity contribution in [2.75, 3.05) is 26.7 Å². The Bertz CT molecular complexity index is 623. The lowest BCUT2D eigenvalue weighted by Crippen LogP contribution is -2.40. The molecule has 0 atom stereocenters. The van der Waals surface area contributed by atoms with Crippen molar-refractivity contribution >= 4 is 35.8 Å². The number of amides is 1. The summed E-state index contributed by atoms with van der Waals surface area (Å²) >= 11 is 0. The molecule has 26 heavy (non-hydrogen) atoms. The van der Waals surface area contributed by atoms with Gasteiger partial charge in [-0.1, -0.05) is 25.0 Å². The van der Waals surface area contributed by atoms with Gasteiger partial charge in [-0.2, -0.15) is 0 Å². The Balaban J connectivity index is 0.00000243. The topological polar surface area (TPSA) is 56.7 Å². The summed E-state index contributed by atoms with van der Waals surface area (Å²) in [7, 11) is 1.86. The molecule has 1 aromatic carbocycles. The number of halogens is 1. The van der Waals surface area contributed by atoms with Crippen LogP contribution in [-0.4, -0.2) is 43.4 Å². The van der Waals surface area contributed by atoms with Gasteiger partial charge in [0.25, 0.3) is 5.91 Å². The Morgan fingerprint density at radius 1 is 1.15 bits per heavy atom. The first-order valence-electron chi connectivity index (χ1n) is 9.48. The van der Waals surface area contributed by atoms with Crippen LogP contribution in [-0.2, 0) is 6.54 Å². The highest BCUT2D eigenvalue weighted by molar-refractivity contribution is 14.0. The summed E-state index contributed by atoms with van der Waals surface area (Å²) in [6.07, 6.45) is 6.83. The predicted octanol–water partition coefficient (Wildman–Crippen LogP) is 3.40. The number of guanidine groups is 1. The fourth-order valence-corrected chi connectivity index (χ4v) is 4.20. The summed E-state index contributed by atoms with van der Waals surface area (Å²) in [5.74, 6) is 0.980. The van der Waals surface area contributed by atoms with E-state index in [1.54, 1.807) is 0 Å². The average molecular weight is 470 g/mol. The molecule has 1 amide bonds. The molecule has 2 N–H and O–H groups in total. The molecule has 144 valence electrons. The Kier molecular flexibility index (Phi) is 7.73. The molecular formula is C20H31IN4O. The Labute approximate surface area is 174 Å². The standard InChI is InChI=1S/C20H30N4O.HI/c1-3-22-18(25)17-8-6-16(7-9-17)14-23-19(21-2)24-13-12-20(15-24)10-4-5-11-20;/h6-9H,3-5,10-15H2,1-2H3,(H,21,23)(H,22,25);1H. The van der Waals surface area contributed by atoms with Crippen molar-refractivity contribution in [1.82, 2.24) is 15.5 Å². The minimum Gasteiger partial charge on any atom is -0.352 e.